The summed E-state index contributed by atoms with van der Waals surface area (Å²) in [6, 6.07) is 7.00. The van der Waals surface area contributed by atoms with Crippen LogP contribution in [0.5, 0.6) is 0 Å². The summed E-state index contributed by atoms with van der Waals surface area (Å²) in [5.41, 5.74) is 4.35. The molecule has 0 bridgehead atoms. The third-order valence-corrected chi connectivity index (χ3v) is 6.47. The summed E-state index contributed by atoms with van der Waals surface area (Å²) >= 11 is 0. The number of piperazine rings is 1. The first kappa shape index (κ1) is 19.6. The molecule has 3 atom stereocenters. The van der Waals surface area contributed by atoms with E-state index in [4.69, 9.17) is 0 Å². The van der Waals surface area contributed by atoms with E-state index in [9.17, 15) is 4.79 Å². The highest BCUT2D eigenvalue weighted by molar-refractivity contribution is 5.85. The number of aromatic nitrogens is 6. The van der Waals surface area contributed by atoms with E-state index in [2.05, 4.69) is 67.9 Å². The highest BCUT2D eigenvalue weighted by Gasteiger charge is 2.34. The molecule has 4 aromatic rings. The number of nitrogens with one attached hydrogen (secondary N) is 1. The van der Waals surface area contributed by atoms with Gasteiger partial charge in [-0.05, 0) is 38.5 Å². The fraction of sp³-hybridized carbons (Fsp3) is 0.409. The van der Waals surface area contributed by atoms with Gasteiger partial charge in [0.05, 0.1) is 22.7 Å². The van der Waals surface area contributed by atoms with Crippen LogP contribution in [0.15, 0.2) is 41.6 Å². The normalized spacial score (nSPS) is 21.1. The van der Waals surface area contributed by atoms with Crippen LogP contribution in [-0.4, -0.2) is 59.8 Å². The molecule has 0 unspecified atom stereocenters. The molecule has 9 heteroatoms. The lowest BCUT2D eigenvalue weighted by molar-refractivity contribution is 0.119. The summed E-state index contributed by atoms with van der Waals surface area (Å²) < 4.78 is 1.53. The minimum Gasteiger partial charge on any atom is -0.349 e. The summed E-state index contributed by atoms with van der Waals surface area (Å²) in [6.07, 6.45) is 5.13. The molecular formula is C22H26N8O. The molecule has 160 valence electrons. The van der Waals surface area contributed by atoms with Gasteiger partial charge in [-0.15, -0.1) is 0 Å². The Hall–Kier alpha value is -3.33. The number of H-pyrrole nitrogens is 1. The molecule has 1 fully saturated rings. The van der Waals surface area contributed by atoms with Crippen molar-refractivity contribution in [3.05, 3.63) is 52.8 Å². The number of hydrogen-bond donors (Lipinski definition) is 1. The second kappa shape index (κ2) is 7.42. The van der Waals surface area contributed by atoms with Gasteiger partial charge in [0.15, 0.2) is 5.82 Å². The number of aryl methyl sites for hydroxylation is 1. The fourth-order valence-electron chi connectivity index (χ4n) is 4.65. The average molecular weight is 419 g/mol. The molecule has 1 aromatic carbocycles. The van der Waals surface area contributed by atoms with Crippen LogP contribution >= 0.6 is 0 Å². The maximum Gasteiger partial charge on any atom is 0.349 e. The number of hydrogen-bond acceptors (Lipinski definition) is 7. The van der Waals surface area contributed by atoms with E-state index >= 15 is 0 Å². The van der Waals surface area contributed by atoms with Gasteiger partial charge in [0.1, 0.15) is 5.52 Å². The summed E-state index contributed by atoms with van der Waals surface area (Å²) in [7, 11) is 1.72. The molecule has 3 aromatic heterocycles. The minimum atomic E-state index is -0.267. The molecule has 31 heavy (non-hydrogen) atoms. The van der Waals surface area contributed by atoms with Gasteiger partial charge in [0.2, 0.25) is 0 Å². The predicted molar refractivity (Wildman–Crippen MR) is 120 cm³/mol. The topological polar surface area (TPSA) is 95.8 Å². The van der Waals surface area contributed by atoms with Crippen LogP contribution in [0.2, 0.25) is 0 Å². The minimum absolute atomic E-state index is 0.185. The summed E-state index contributed by atoms with van der Waals surface area (Å²) in [4.78, 5) is 30.3. The van der Waals surface area contributed by atoms with Crippen molar-refractivity contribution in [2.45, 2.75) is 38.9 Å². The van der Waals surface area contributed by atoms with Crippen molar-refractivity contribution in [2.24, 2.45) is 7.05 Å². The number of aromatic amines is 1. The van der Waals surface area contributed by atoms with Gasteiger partial charge in [0.25, 0.3) is 0 Å². The van der Waals surface area contributed by atoms with Gasteiger partial charge in [-0.1, -0.05) is 6.07 Å². The van der Waals surface area contributed by atoms with E-state index in [-0.39, 0.29) is 23.8 Å². The van der Waals surface area contributed by atoms with Crippen LogP contribution in [0.4, 0.5) is 5.82 Å². The highest BCUT2D eigenvalue weighted by Crippen LogP contribution is 2.31. The van der Waals surface area contributed by atoms with Crippen molar-refractivity contribution in [1.29, 1.82) is 0 Å². The number of nitrogens with zero attached hydrogens (tertiary/aromatic N) is 7. The van der Waals surface area contributed by atoms with Gasteiger partial charge in [-0.25, -0.2) is 4.79 Å². The Morgan fingerprint density at radius 2 is 1.87 bits per heavy atom. The van der Waals surface area contributed by atoms with E-state index in [1.54, 1.807) is 25.6 Å². The first-order valence-corrected chi connectivity index (χ1v) is 10.6. The molecule has 4 heterocycles. The molecule has 1 saturated heterocycles. The Balaban J connectivity index is 1.44. The Morgan fingerprint density at radius 1 is 1.10 bits per heavy atom. The molecule has 0 spiro atoms. The molecule has 5 rings (SSSR count). The molecule has 1 aliphatic rings. The molecule has 0 amide bonds. The largest absolute Gasteiger partial charge is 0.349 e. The lowest BCUT2D eigenvalue weighted by atomic mass is 10.00. The van der Waals surface area contributed by atoms with Crippen molar-refractivity contribution in [3.63, 3.8) is 0 Å². The number of benzene rings is 1. The van der Waals surface area contributed by atoms with Gasteiger partial charge >= 0.3 is 5.69 Å². The zero-order valence-corrected chi connectivity index (χ0v) is 18.1. The van der Waals surface area contributed by atoms with Crippen LogP contribution in [0, 0.1) is 0 Å². The second-order valence-electron chi connectivity index (χ2n) is 8.43. The SMILES string of the molecule is C[C@@H]1CN(c2nc(=O)n(C)c3cn[nH]c23)[C@@H](C)CN1[C@@H](C)c1ccc2nccnc2c1. The van der Waals surface area contributed by atoms with Gasteiger partial charge < -0.3 is 4.90 Å². The Kier molecular flexibility index (Phi) is 4.70. The van der Waals surface area contributed by atoms with Crippen LogP contribution in [0.3, 0.4) is 0 Å². The number of anilines is 1. The zero-order valence-electron chi connectivity index (χ0n) is 18.1. The molecule has 1 aliphatic heterocycles. The second-order valence-corrected chi connectivity index (χ2v) is 8.43. The molecule has 0 radical (unpaired) electrons. The van der Waals surface area contributed by atoms with Crippen LogP contribution in [-0.2, 0) is 7.05 Å². The van der Waals surface area contributed by atoms with Crippen molar-refractivity contribution < 1.29 is 0 Å². The Bertz CT molecular complexity index is 1310. The standard InChI is InChI=1S/C22H26N8O/c1-13-12-30(21-20-19(10-25-27-20)28(4)22(31)26-21)14(2)11-29(13)15(3)16-5-6-17-18(9-16)24-8-7-23-17/h5-10,13-15H,11-12H2,1-4H3,(H,25,27)/t13-,14+,15+/m1/s1. The molecule has 0 saturated carbocycles. The van der Waals surface area contributed by atoms with Crippen LogP contribution < -0.4 is 10.6 Å². The average Bonchev–Trinajstić information content (AvgIpc) is 3.27. The quantitative estimate of drug-likeness (QED) is 0.545. The highest BCUT2D eigenvalue weighted by atomic mass is 16.1. The molecule has 1 N–H and O–H groups in total. The van der Waals surface area contributed by atoms with E-state index in [1.165, 1.54) is 10.1 Å². The van der Waals surface area contributed by atoms with Crippen molar-refractivity contribution in [3.8, 4) is 0 Å². The summed E-state index contributed by atoms with van der Waals surface area (Å²) in [5, 5.41) is 7.16. The Morgan fingerprint density at radius 3 is 2.68 bits per heavy atom. The third kappa shape index (κ3) is 3.25. The first-order valence-electron chi connectivity index (χ1n) is 10.6. The predicted octanol–water partition coefficient (Wildman–Crippen LogP) is 2.26. The van der Waals surface area contributed by atoms with Gasteiger partial charge in [0, 0.05) is 50.7 Å². The lowest BCUT2D eigenvalue weighted by Gasteiger charge is -2.47. The lowest BCUT2D eigenvalue weighted by Crippen LogP contribution is -2.57. The Labute approximate surface area is 179 Å². The number of rotatable bonds is 3. The first-order chi connectivity index (χ1) is 14.9. The smallest absolute Gasteiger partial charge is 0.349 e. The van der Waals surface area contributed by atoms with Gasteiger partial charge in [-0.2, -0.15) is 10.1 Å². The monoisotopic (exact) mass is 418 g/mol. The van der Waals surface area contributed by atoms with Crippen molar-refractivity contribution in [1.82, 2.24) is 34.6 Å². The summed E-state index contributed by atoms with van der Waals surface area (Å²) in [6.45, 7) is 8.26. The molecule has 9 nitrogen and oxygen atoms in total. The van der Waals surface area contributed by atoms with Gasteiger partial charge in [-0.3, -0.25) is 24.5 Å². The third-order valence-electron chi connectivity index (χ3n) is 6.47. The van der Waals surface area contributed by atoms with Crippen molar-refractivity contribution >= 4 is 27.9 Å². The van der Waals surface area contributed by atoms with E-state index in [1.807, 2.05) is 6.07 Å². The van der Waals surface area contributed by atoms with E-state index < -0.39 is 0 Å². The molecule has 0 aliphatic carbocycles. The van der Waals surface area contributed by atoms with Crippen molar-refractivity contribution in [2.75, 3.05) is 18.0 Å². The zero-order chi connectivity index (χ0) is 21.7. The van der Waals surface area contributed by atoms with E-state index in [0.29, 0.717) is 5.82 Å². The number of fused-ring (bicyclic) bond motifs is 2. The summed E-state index contributed by atoms with van der Waals surface area (Å²) in [5.74, 6) is 0.684. The fourth-order valence-corrected chi connectivity index (χ4v) is 4.65. The maximum atomic E-state index is 12.4. The maximum absolute atomic E-state index is 12.4. The van der Waals surface area contributed by atoms with Crippen LogP contribution in [0.1, 0.15) is 32.4 Å². The molecular weight excluding hydrogens is 392 g/mol. The van der Waals surface area contributed by atoms with Crippen LogP contribution in [0.25, 0.3) is 22.1 Å². The van der Waals surface area contributed by atoms with E-state index in [0.717, 1.165) is 35.2 Å².